The Hall–Kier alpha value is -0.0900. The fourth-order valence-electron chi connectivity index (χ4n) is 1.06. The van der Waals surface area contributed by atoms with Crippen LogP contribution in [-0.2, 0) is 11.3 Å². The van der Waals surface area contributed by atoms with Crippen molar-refractivity contribution in [1.82, 2.24) is 5.32 Å². The summed E-state index contributed by atoms with van der Waals surface area (Å²) in [5, 5.41) is 4.00. The fraction of sp³-hybridized carbons (Fsp3) is 0.400. The Morgan fingerprint density at radius 3 is 2.93 bits per heavy atom. The minimum absolute atomic E-state index is 0.731. The minimum Gasteiger partial charge on any atom is -0.383 e. The van der Waals surface area contributed by atoms with Gasteiger partial charge in [0.05, 0.1) is 11.6 Å². The van der Waals surface area contributed by atoms with Gasteiger partial charge < -0.3 is 10.1 Å². The maximum absolute atomic E-state index is 5.88. The van der Waals surface area contributed by atoms with E-state index in [-0.39, 0.29) is 0 Å². The second kappa shape index (κ2) is 6.40. The quantitative estimate of drug-likeness (QED) is 0.836. The molecule has 0 unspecified atom stereocenters. The Morgan fingerprint density at radius 2 is 2.29 bits per heavy atom. The zero-order valence-electron chi connectivity index (χ0n) is 8.02. The summed E-state index contributed by atoms with van der Waals surface area (Å²) in [5.74, 6) is 0. The van der Waals surface area contributed by atoms with Crippen molar-refractivity contribution in [3.8, 4) is 0 Å². The molecule has 14 heavy (non-hydrogen) atoms. The minimum atomic E-state index is 0.731. The van der Waals surface area contributed by atoms with Crippen LogP contribution >= 0.6 is 27.5 Å². The van der Waals surface area contributed by atoms with E-state index in [4.69, 9.17) is 16.3 Å². The van der Waals surface area contributed by atoms with Crippen LogP contribution in [0.15, 0.2) is 22.7 Å². The summed E-state index contributed by atoms with van der Waals surface area (Å²) in [6.45, 7) is 2.42. The first-order valence-corrected chi connectivity index (χ1v) is 5.54. The van der Waals surface area contributed by atoms with E-state index in [0.717, 1.165) is 29.2 Å². The molecule has 1 rings (SSSR count). The standard InChI is InChI=1S/C10H13BrClNO/c1-14-5-4-13-7-8-2-3-10(12)9(11)6-8/h2-3,6,13H,4-5,7H2,1H3. The Balaban J connectivity index is 2.39. The first-order valence-electron chi connectivity index (χ1n) is 4.37. The van der Waals surface area contributed by atoms with E-state index in [9.17, 15) is 0 Å². The SMILES string of the molecule is COCCNCc1ccc(Cl)c(Br)c1. The maximum Gasteiger partial charge on any atom is 0.0587 e. The molecule has 1 aromatic carbocycles. The van der Waals surface area contributed by atoms with Crippen molar-refractivity contribution < 1.29 is 4.74 Å². The van der Waals surface area contributed by atoms with Crippen LogP contribution in [0.4, 0.5) is 0 Å². The molecule has 0 atom stereocenters. The highest BCUT2D eigenvalue weighted by Gasteiger charge is 1.98. The van der Waals surface area contributed by atoms with E-state index in [2.05, 4.69) is 21.2 Å². The highest BCUT2D eigenvalue weighted by Crippen LogP contribution is 2.22. The number of hydrogen-bond acceptors (Lipinski definition) is 2. The van der Waals surface area contributed by atoms with Gasteiger partial charge in [-0.1, -0.05) is 17.7 Å². The molecule has 78 valence electrons. The monoisotopic (exact) mass is 277 g/mol. The molecule has 1 N–H and O–H groups in total. The van der Waals surface area contributed by atoms with Crippen LogP contribution in [0.1, 0.15) is 5.56 Å². The van der Waals surface area contributed by atoms with Crippen molar-refractivity contribution in [3.63, 3.8) is 0 Å². The third kappa shape index (κ3) is 3.96. The normalized spacial score (nSPS) is 10.5. The Bertz CT molecular complexity index is 293. The van der Waals surface area contributed by atoms with Gasteiger partial charge in [-0.2, -0.15) is 0 Å². The van der Waals surface area contributed by atoms with Gasteiger partial charge in [-0.3, -0.25) is 0 Å². The molecule has 0 aliphatic heterocycles. The Morgan fingerprint density at radius 1 is 1.50 bits per heavy atom. The molecule has 0 amide bonds. The highest BCUT2D eigenvalue weighted by molar-refractivity contribution is 9.10. The lowest BCUT2D eigenvalue weighted by atomic mass is 10.2. The van der Waals surface area contributed by atoms with Crippen LogP contribution in [0.2, 0.25) is 5.02 Å². The largest absolute Gasteiger partial charge is 0.383 e. The van der Waals surface area contributed by atoms with Crippen molar-refractivity contribution >= 4 is 27.5 Å². The first kappa shape index (κ1) is 12.0. The average Bonchev–Trinajstić information content (AvgIpc) is 2.18. The lowest BCUT2D eigenvalue weighted by Crippen LogP contribution is -2.18. The van der Waals surface area contributed by atoms with Gasteiger partial charge in [-0.25, -0.2) is 0 Å². The first-order chi connectivity index (χ1) is 6.74. The molecule has 2 nitrogen and oxygen atoms in total. The van der Waals surface area contributed by atoms with Gasteiger partial charge in [0.25, 0.3) is 0 Å². The molecule has 0 saturated heterocycles. The number of halogens is 2. The summed E-state index contributed by atoms with van der Waals surface area (Å²) in [6, 6.07) is 5.91. The van der Waals surface area contributed by atoms with Crippen molar-refractivity contribution in [2.75, 3.05) is 20.3 Å². The van der Waals surface area contributed by atoms with Gasteiger partial charge >= 0.3 is 0 Å². The summed E-state index contributed by atoms with van der Waals surface area (Å²) in [4.78, 5) is 0. The van der Waals surface area contributed by atoms with Gasteiger partial charge in [0, 0.05) is 24.7 Å². The average molecular weight is 279 g/mol. The van der Waals surface area contributed by atoms with Crippen molar-refractivity contribution in [3.05, 3.63) is 33.3 Å². The number of methoxy groups -OCH3 is 1. The molecule has 0 aliphatic rings. The summed E-state index contributed by atoms with van der Waals surface area (Å²) >= 11 is 9.26. The molecule has 0 spiro atoms. The lowest BCUT2D eigenvalue weighted by Gasteiger charge is -2.05. The second-order valence-corrected chi connectivity index (χ2v) is 4.18. The van der Waals surface area contributed by atoms with Crippen molar-refractivity contribution in [1.29, 1.82) is 0 Å². The molecular formula is C10H13BrClNO. The second-order valence-electron chi connectivity index (χ2n) is 2.92. The number of benzene rings is 1. The zero-order valence-corrected chi connectivity index (χ0v) is 10.4. The van der Waals surface area contributed by atoms with Crippen LogP contribution in [0, 0.1) is 0 Å². The van der Waals surface area contributed by atoms with E-state index < -0.39 is 0 Å². The Labute approximate surface area is 97.7 Å². The van der Waals surface area contributed by atoms with Gasteiger partial charge in [0.15, 0.2) is 0 Å². The third-order valence-corrected chi connectivity index (χ3v) is 3.01. The maximum atomic E-state index is 5.88. The summed E-state index contributed by atoms with van der Waals surface area (Å²) in [5.41, 5.74) is 1.21. The molecule has 0 fully saturated rings. The predicted octanol–water partition coefficient (Wildman–Crippen LogP) is 2.84. The van der Waals surface area contributed by atoms with Crippen LogP contribution in [0.5, 0.6) is 0 Å². The van der Waals surface area contributed by atoms with Gasteiger partial charge in [0.2, 0.25) is 0 Å². The van der Waals surface area contributed by atoms with Crippen LogP contribution in [0.25, 0.3) is 0 Å². The molecule has 0 aromatic heterocycles. The number of nitrogens with one attached hydrogen (secondary N) is 1. The number of rotatable bonds is 5. The third-order valence-electron chi connectivity index (χ3n) is 1.80. The molecule has 0 saturated carbocycles. The number of hydrogen-bond donors (Lipinski definition) is 1. The fourth-order valence-corrected chi connectivity index (χ4v) is 1.60. The van der Waals surface area contributed by atoms with E-state index in [1.165, 1.54) is 5.56 Å². The van der Waals surface area contributed by atoms with E-state index in [1.807, 2.05) is 18.2 Å². The van der Waals surface area contributed by atoms with Crippen LogP contribution in [0.3, 0.4) is 0 Å². The molecule has 0 bridgehead atoms. The molecular weight excluding hydrogens is 265 g/mol. The van der Waals surface area contributed by atoms with Gasteiger partial charge in [0.1, 0.15) is 0 Å². The molecule has 0 heterocycles. The van der Waals surface area contributed by atoms with E-state index in [0.29, 0.717) is 0 Å². The lowest BCUT2D eigenvalue weighted by molar-refractivity contribution is 0.199. The molecule has 0 aliphatic carbocycles. The topological polar surface area (TPSA) is 21.3 Å². The zero-order chi connectivity index (χ0) is 10.4. The van der Waals surface area contributed by atoms with Crippen LogP contribution < -0.4 is 5.32 Å². The van der Waals surface area contributed by atoms with Crippen molar-refractivity contribution in [2.45, 2.75) is 6.54 Å². The summed E-state index contributed by atoms with van der Waals surface area (Å²) < 4.78 is 5.87. The van der Waals surface area contributed by atoms with Crippen molar-refractivity contribution in [2.24, 2.45) is 0 Å². The Kier molecular flexibility index (Phi) is 5.48. The molecule has 1 aromatic rings. The van der Waals surface area contributed by atoms with Crippen LogP contribution in [-0.4, -0.2) is 20.3 Å². The number of ether oxygens (including phenoxy) is 1. The molecule has 0 radical (unpaired) electrons. The highest BCUT2D eigenvalue weighted by atomic mass is 79.9. The summed E-state index contributed by atoms with van der Waals surface area (Å²) in [7, 11) is 1.69. The van der Waals surface area contributed by atoms with E-state index in [1.54, 1.807) is 7.11 Å². The summed E-state index contributed by atoms with van der Waals surface area (Å²) in [6.07, 6.45) is 0. The van der Waals surface area contributed by atoms with E-state index >= 15 is 0 Å². The predicted molar refractivity (Wildman–Crippen MR) is 62.7 cm³/mol. The smallest absolute Gasteiger partial charge is 0.0587 e. The molecule has 4 heteroatoms. The van der Waals surface area contributed by atoms with Gasteiger partial charge in [-0.05, 0) is 33.6 Å². The van der Waals surface area contributed by atoms with Gasteiger partial charge in [-0.15, -0.1) is 0 Å².